The number of hydrogen-bond donors (Lipinski definition) is 0. The molecule has 0 fully saturated rings. The monoisotopic (exact) mass is 534 g/mol. The summed E-state index contributed by atoms with van der Waals surface area (Å²) in [5.41, 5.74) is 6.68. The standard InChI is InChI=1S/C5H11N.2HI.Pt/c1-2-3-4-5-6;;;/h6H,1-5H2;2*1H;/q-2;;;+4/p-2. The van der Waals surface area contributed by atoms with Gasteiger partial charge in [-0.2, -0.15) is 13.0 Å². The molecule has 0 saturated carbocycles. The number of unbranched alkanes of at least 4 members (excludes halogenated alkanes) is 2. The summed E-state index contributed by atoms with van der Waals surface area (Å²) in [6.45, 7) is 4.20. The topological polar surface area (TPSA) is 23.8 Å². The van der Waals surface area contributed by atoms with Crippen molar-refractivity contribution < 1.29 is 11.2 Å². The van der Waals surface area contributed by atoms with Gasteiger partial charge in [-0.05, 0) is 0 Å². The third-order valence-corrected chi connectivity index (χ3v) is 0.677. The first-order valence-electron chi connectivity index (χ1n) is 2.59. The maximum atomic E-state index is 6.68. The van der Waals surface area contributed by atoms with Gasteiger partial charge in [-0.15, -0.1) is 0 Å². The Morgan fingerprint density at radius 3 is 1.89 bits per heavy atom. The Bertz CT molecular complexity index is 34.1. The Kier molecular flexibility index (Phi) is 25.2. The second kappa shape index (κ2) is 16.6. The minimum absolute atomic E-state index is 0.523. The molecule has 0 aromatic carbocycles. The van der Waals surface area contributed by atoms with E-state index in [1.807, 2.05) is 0 Å². The van der Waals surface area contributed by atoms with Crippen molar-refractivity contribution in [2.45, 2.75) is 19.3 Å². The summed E-state index contributed by atoms with van der Waals surface area (Å²) in [6, 6.07) is 0. The molecule has 0 unspecified atom stereocenters. The van der Waals surface area contributed by atoms with Crippen LogP contribution in [-0.2, 0) is 11.2 Å². The van der Waals surface area contributed by atoms with Crippen molar-refractivity contribution in [3.8, 4) is 0 Å². The average molecular weight is 534 g/mol. The van der Waals surface area contributed by atoms with Gasteiger partial charge in [0.25, 0.3) is 0 Å². The fourth-order valence-corrected chi connectivity index (χ4v) is 0.302. The van der Waals surface area contributed by atoms with Crippen LogP contribution in [0.15, 0.2) is 0 Å². The molecule has 0 amide bonds. The molecule has 0 aliphatic carbocycles. The van der Waals surface area contributed by atoms with Crippen LogP contribution in [0.2, 0.25) is 0 Å². The Labute approximate surface area is 87.1 Å². The van der Waals surface area contributed by atoms with Crippen LogP contribution in [0, 0.1) is 6.92 Å². The molecule has 0 aromatic heterocycles. The third-order valence-electron chi connectivity index (χ3n) is 0.677. The summed E-state index contributed by atoms with van der Waals surface area (Å²) in [5, 5.41) is 0. The molecule has 0 spiro atoms. The summed E-state index contributed by atoms with van der Waals surface area (Å²) < 4.78 is 0. The van der Waals surface area contributed by atoms with Gasteiger partial charge in [0.1, 0.15) is 0 Å². The summed E-state index contributed by atoms with van der Waals surface area (Å²) in [7, 11) is 0. The summed E-state index contributed by atoms with van der Waals surface area (Å²) in [5.74, 6) is 0. The maximum absolute atomic E-state index is 6.68. The summed E-state index contributed by atoms with van der Waals surface area (Å²) in [6.07, 6.45) is 3.12. The van der Waals surface area contributed by atoms with Crippen LogP contribution in [0.3, 0.4) is 0 Å². The van der Waals surface area contributed by atoms with Crippen LogP contribution < -0.4 is 0 Å². The summed E-state index contributed by atoms with van der Waals surface area (Å²) >= 11 is 5.30. The molecule has 0 aliphatic heterocycles. The van der Waals surface area contributed by atoms with Crippen LogP contribution in [0.1, 0.15) is 19.3 Å². The van der Waals surface area contributed by atoms with E-state index < -0.39 is 0 Å². The predicted molar refractivity (Wildman–Crippen MR) is 56.4 cm³/mol. The zero-order chi connectivity index (χ0) is 7.54. The normalized spacial score (nSPS) is 8.44. The van der Waals surface area contributed by atoms with Crippen molar-refractivity contribution in [3.63, 3.8) is 0 Å². The van der Waals surface area contributed by atoms with Crippen LogP contribution in [-0.4, -0.2) is 6.54 Å². The van der Waals surface area contributed by atoms with E-state index in [2.05, 4.69) is 45.6 Å². The fourth-order valence-electron chi connectivity index (χ4n) is 0.302. The molecule has 1 N–H and O–H groups in total. The van der Waals surface area contributed by atoms with Crippen LogP contribution in [0.4, 0.5) is 0 Å². The van der Waals surface area contributed by atoms with Crippen molar-refractivity contribution >= 4 is 38.7 Å². The molecular weight excluding hydrogens is 523 g/mol. The number of halogens is 2. The Morgan fingerprint density at radius 2 is 1.78 bits per heavy atom. The van der Waals surface area contributed by atoms with E-state index in [0.29, 0.717) is 17.7 Å². The number of hydrogen-bond acceptors (Lipinski definition) is 0. The van der Waals surface area contributed by atoms with E-state index >= 15 is 0 Å². The average Bonchev–Trinajstić information content (AvgIpc) is 1.86. The van der Waals surface area contributed by atoms with E-state index in [1.165, 1.54) is 0 Å². The van der Waals surface area contributed by atoms with E-state index in [4.69, 9.17) is 5.73 Å². The van der Waals surface area contributed by atoms with Gasteiger partial charge in [-0.1, -0.05) is 12.8 Å². The molecule has 60 valence electrons. The van der Waals surface area contributed by atoms with Gasteiger partial charge in [0.05, 0.1) is 0 Å². The molecule has 9 heavy (non-hydrogen) atoms. The Balaban J connectivity index is 0. The molecule has 1 nitrogen and oxygen atoms in total. The fraction of sp³-hybridized carbons (Fsp3) is 0.800. The second-order valence-electron chi connectivity index (χ2n) is 1.36. The molecule has 0 atom stereocenters. The molecule has 0 saturated heterocycles. The first kappa shape index (κ1) is 13.7. The van der Waals surface area contributed by atoms with Gasteiger partial charge in [0, 0.05) is 0 Å². The van der Waals surface area contributed by atoms with Crippen molar-refractivity contribution in [1.29, 1.82) is 0 Å². The molecule has 0 radical (unpaired) electrons. The van der Waals surface area contributed by atoms with Crippen LogP contribution >= 0.6 is 38.7 Å². The van der Waals surface area contributed by atoms with Gasteiger partial charge < -0.3 is 12.7 Å². The minimum atomic E-state index is 0.523. The van der Waals surface area contributed by atoms with E-state index in [0.717, 1.165) is 19.3 Å². The van der Waals surface area contributed by atoms with Gasteiger partial charge in [0.2, 0.25) is 0 Å². The number of nitrogens with one attached hydrogen (secondary N) is 1. The molecule has 0 bridgehead atoms. The van der Waals surface area contributed by atoms with E-state index in [9.17, 15) is 0 Å². The second-order valence-corrected chi connectivity index (χ2v) is 18.0. The zero-order valence-corrected chi connectivity index (χ0v) is 11.7. The molecule has 4 heteroatoms. The van der Waals surface area contributed by atoms with Gasteiger partial charge in [-0.3, -0.25) is 0 Å². The van der Waals surface area contributed by atoms with E-state index in [1.54, 1.807) is 0 Å². The molecule has 0 aromatic rings. The third kappa shape index (κ3) is 25.5. The van der Waals surface area contributed by atoms with Crippen molar-refractivity contribution in [1.82, 2.24) is 0 Å². The van der Waals surface area contributed by atoms with Crippen molar-refractivity contribution in [3.05, 3.63) is 12.7 Å². The van der Waals surface area contributed by atoms with Crippen LogP contribution in [0.5, 0.6) is 0 Å². The number of rotatable bonds is 3. The SMILES string of the molecule is [CH2-]CCCC[NH-].[I][Pt+2][I]. The first-order chi connectivity index (χ1) is 4.33. The molecule has 0 heterocycles. The van der Waals surface area contributed by atoms with Gasteiger partial charge >= 0.3 is 49.9 Å². The Morgan fingerprint density at radius 1 is 1.33 bits per heavy atom. The zero-order valence-electron chi connectivity index (χ0n) is 5.11. The predicted octanol–water partition coefficient (Wildman–Crippen LogP) is 3.81. The van der Waals surface area contributed by atoms with Crippen molar-refractivity contribution in [2.24, 2.45) is 0 Å². The molecule has 0 rings (SSSR count). The van der Waals surface area contributed by atoms with E-state index in [-0.39, 0.29) is 0 Å². The molecular formula is C5H11I2NPt. The first-order valence-corrected chi connectivity index (χ1v) is 15.5. The Hall–Kier alpha value is 2.11. The molecule has 0 aliphatic rings. The van der Waals surface area contributed by atoms with Crippen LogP contribution in [0.25, 0.3) is 5.73 Å². The van der Waals surface area contributed by atoms with Crippen molar-refractivity contribution in [2.75, 3.05) is 6.54 Å². The quantitative estimate of drug-likeness (QED) is 0.299. The van der Waals surface area contributed by atoms with Gasteiger partial charge in [0.15, 0.2) is 0 Å². The van der Waals surface area contributed by atoms with Gasteiger partial charge in [-0.25, -0.2) is 0 Å². The summed E-state index contributed by atoms with van der Waals surface area (Å²) in [4.78, 5) is 0.